The third-order valence-electron chi connectivity index (χ3n) is 3.94. The lowest BCUT2D eigenvalue weighted by atomic mass is 9.98. The van der Waals surface area contributed by atoms with Crippen LogP contribution in [-0.2, 0) is 21.4 Å². The smallest absolute Gasteiger partial charge is 0.310 e. The van der Waals surface area contributed by atoms with Crippen molar-refractivity contribution in [3.63, 3.8) is 0 Å². The maximum atomic E-state index is 12.3. The van der Waals surface area contributed by atoms with Gasteiger partial charge in [-0.3, -0.25) is 14.3 Å². The van der Waals surface area contributed by atoms with E-state index in [2.05, 4.69) is 5.10 Å². The third-order valence-corrected chi connectivity index (χ3v) is 4.39. The third kappa shape index (κ3) is 4.13. The van der Waals surface area contributed by atoms with Crippen LogP contribution in [0.4, 0.5) is 0 Å². The maximum Gasteiger partial charge on any atom is 0.310 e. The number of piperidine rings is 1. The number of aromatic nitrogens is 2. The van der Waals surface area contributed by atoms with Crippen molar-refractivity contribution in [3.05, 3.63) is 22.5 Å². The van der Waals surface area contributed by atoms with Gasteiger partial charge >= 0.3 is 5.97 Å². The van der Waals surface area contributed by atoms with Crippen LogP contribution in [0.25, 0.3) is 6.08 Å². The number of halogens is 1. The highest BCUT2D eigenvalue weighted by Crippen LogP contribution is 2.21. The Bertz CT molecular complexity index is 624. The molecule has 6 nitrogen and oxygen atoms in total. The molecule has 1 aliphatic rings. The van der Waals surface area contributed by atoms with E-state index in [1.165, 1.54) is 6.08 Å². The van der Waals surface area contributed by atoms with E-state index in [-0.39, 0.29) is 17.8 Å². The lowest BCUT2D eigenvalue weighted by Gasteiger charge is -2.30. The Morgan fingerprint density at radius 1 is 1.48 bits per heavy atom. The molecule has 7 heteroatoms. The number of hydrogen-bond acceptors (Lipinski definition) is 4. The number of nitrogens with zero attached hydrogens (tertiary/aromatic N) is 3. The number of likely N-dealkylation sites (tertiary alicyclic amines) is 1. The van der Waals surface area contributed by atoms with Crippen LogP contribution in [0.2, 0.25) is 5.15 Å². The molecule has 1 unspecified atom stereocenters. The molecular weight excluding hydrogens is 318 g/mol. The number of amides is 1. The zero-order valence-electron chi connectivity index (χ0n) is 13.7. The van der Waals surface area contributed by atoms with Gasteiger partial charge in [-0.25, -0.2) is 0 Å². The van der Waals surface area contributed by atoms with Crippen LogP contribution in [0.15, 0.2) is 6.08 Å². The Labute approximate surface area is 141 Å². The average Bonchev–Trinajstić information content (AvgIpc) is 2.78. The molecular formula is C16H22ClN3O3. The molecule has 1 aromatic heterocycles. The first-order chi connectivity index (χ1) is 10.9. The molecule has 0 saturated carbocycles. The van der Waals surface area contributed by atoms with Crippen molar-refractivity contribution in [2.45, 2.75) is 26.7 Å². The summed E-state index contributed by atoms with van der Waals surface area (Å²) in [7, 11) is 1.75. The van der Waals surface area contributed by atoms with Crippen LogP contribution in [-0.4, -0.2) is 46.3 Å². The van der Waals surface area contributed by atoms with Crippen LogP contribution < -0.4 is 0 Å². The monoisotopic (exact) mass is 339 g/mol. The molecule has 1 amide bonds. The molecule has 2 rings (SSSR count). The van der Waals surface area contributed by atoms with Crippen molar-refractivity contribution in [3.8, 4) is 0 Å². The number of hydrogen-bond donors (Lipinski definition) is 0. The summed E-state index contributed by atoms with van der Waals surface area (Å²) in [6, 6.07) is 0. The fourth-order valence-electron chi connectivity index (χ4n) is 2.73. The molecule has 1 aromatic rings. The van der Waals surface area contributed by atoms with E-state index in [1.54, 1.807) is 29.6 Å². The molecule has 0 aromatic carbocycles. The van der Waals surface area contributed by atoms with E-state index in [4.69, 9.17) is 16.3 Å². The van der Waals surface area contributed by atoms with Crippen LogP contribution in [0.3, 0.4) is 0 Å². The Hall–Kier alpha value is -1.82. The van der Waals surface area contributed by atoms with Crippen LogP contribution >= 0.6 is 11.6 Å². The average molecular weight is 340 g/mol. The van der Waals surface area contributed by atoms with Crippen LogP contribution in [0.1, 0.15) is 31.0 Å². The highest BCUT2D eigenvalue weighted by atomic mass is 35.5. The summed E-state index contributed by atoms with van der Waals surface area (Å²) in [5.41, 5.74) is 1.51. The Morgan fingerprint density at radius 3 is 2.83 bits per heavy atom. The minimum absolute atomic E-state index is 0.127. The molecule has 23 heavy (non-hydrogen) atoms. The van der Waals surface area contributed by atoms with Gasteiger partial charge in [-0.1, -0.05) is 11.6 Å². The first kappa shape index (κ1) is 17.5. The molecule has 2 heterocycles. The summed E-state index contributed by atoms with van der Waals surface area (Å²) in [6.45, 7) is 5.04. The van der Waals surface area contributed by atoms with Crippen molar-refractivity contribution in [2.24, 2.45) is 13.0 Å². The van der Waals surface area contributed by atoms with E-state index < -0.39 is 0 Å². The summed E-state index contributed by atoms with van der Waals surface area (Å²) >= 11 is 6.15. The second kappa shape index (κ2) is 7.64. The van der Waals surface area contributed by atoms with Crippen molar-refractivity contribution < 1.29 is 14.3 Å². The molecule has 0 N–H and O–H groups in total. The van der Waals surface area contributed by atoms with Gasteiger partial charge in [0.1, 0.15) is 5.15 Å². The normalized spacial score (nSPS) is 18.4. The fraction of sp³-hybridized carbons (Fsp3) is 0.562. The van der Waals surface area contributed by atoms with E-state index >= 15 is 0 Å². The summed E-state index contributed by atoms with van der Waals surface area (Å²) in [4.78, 5) is 25.9. The largest absolute Gasteiger partial charge is 0.466 e. The number of ether oxygens (including phenoxy) is 1. The SMILES string of the molecule is CCOC(=O)C1CCCN(C(=O)/C=C/c2c(C)nn(C)c2Cl)C1. The molecule has 0 aliphatic carbocycles. The van der Waals surface area contributed by atoms with Gasteiger partial charge in [-0.15, -0.1) is 0 Å². The molecule has 1 aliphatic heterocycles. The molecule has 0 spiro atoms. The quantitative estimate of drug-likeness (QED) is 0.623. The number of aryl methyl sites for hydroxylation is 2. The molecule has 1 saturated heterocycles. The van der Waals surface area contributed by atoms with Crippen molar-refractivity contribution in [2.75, 3.05) is 19.7 Å². The molecule has 126 valence electrons. The van der Waals surface area contributed by atoms with Gasteiger partial charge in [-0.2, -0.15) is 5.10 Å². The Kier molecular flexibility index (Phi) is 5.82. The second-order valence-electron chi connectivity index (χ2n) is 5.62. The molecule has 0 radical (unpaired) electrons. The minimum atomic E-state index is -0.232. The van der Waals surface area contributed by atoms with Gasteiger partial charge in [0.25, 0.3) is 0 Å². The summed E-state index contributed by atoms with van der Waals surface area (Å²) in [6.07, 6.45) is 4.74. The lowest BCUT2D eigenvalue weighted by molar-refractivity contribution is -0.150. The zero-order valence-corrected chi connectivity index (χ0v) is 14.5. The molecule has 0 bridgehead atoms. The van der Waals surface area contributed by atoms with E-state index in [1.807, 2.05) is 6.92 Å². The van der Waals surface area contributed by atoms with Gasteiger partial charge in [0.05, 0.1) is 18.2 Å². The van der Waals surface area contributed by atoms with Crippen LogP contribution in [0.5, 0.6) is 0 Å². The van der Waals surface area contributed by atoms with Crippen molar-refractivity contribution >= 4 is 29.6 Å². The standard InChI is InChI=1S/C16H22ClN3O3/c1-4-23-16(22)12-6-5-9-20(10-12)14(21)8-7-13-11(2)18-19(3)15(13)17/h7-8,12H,4-6,9-10H2,1-3H3/b8-7+. The zero-order chi connectivity index (χ0) is 17.0. The first-order valence-corrected chi connectivity index (χ1v) is 8.14. The van der Waals surface area contributed by atoms with Crippen molar-refractivity contribution in [1.82, 2.24) is 14.7 Å². The second-order valence-corrected chi connectivity index (χ2v) is 5.98. The summed E-state index contributed by atoms with van der Waals surface area (Å²) in [5.74, 6) is -0.580. The molecule has 1 fully saturated rings. The van der Waals surface area contributed by atoms with Gasteiger partial charge in [0.15, 0.2) is 0 Å². The number of carbonyl (C=O) groups excluding carboxylic acids is 2. The topological polar surface area (TPSA) is 64.4 Å². The highest BCUT2D eigenvalue weighted by molar-refractivity contribution is 6.31. The Balaban J connectivity index is 2.02. The Morgan fingerprint density at radius 2 is 2.22 bits per heavy atom. The summed E-state index contributed by atoms with van der Waals surface area (Å²) in [5, 5.41) is 4.70. The van der Waals surface area contributed by atoms with E-state index in [0.29, 0.717) is 24.8 Å². The first-order valence-electron chi connectivity index (χ1n) is 7.76. The fourth-order valence-corrected chi connectivity index (χ4v) is 2.96. The van der Waals surface area contributed by atoms with Gasteiger partial charge in [-0.05, 0) is 32.8 Å². The van der Waals surface area contributed by atoms with Gasteiger partial charge in [0.2, 0.25) is 5.91 Å². The molecule has 1 atom stereocenters. The van der Waals surface area contributed by atoms with Gasteiger partial charge in [0, 0.05) is 31.8 Å². The maximum absolute atomic E-state index is 12.3. The van der Waals surface area contributed by atoms with Crippen LogP contribution in [0, 0.1) is 12.8 Å². The number of carbonyl (C=O) groups is 2. The minimum Gasteiger partial charge on any atom is -0.466 e. The van der Waals surface area contributed by atoms with Gasteiger partial charge < -0.3 is 9.64 Å². The van der Waals surface area contributed by atoms with E-state index in [0.717, 1.165) is 24.1 Å². The predicted molar refractivity (Wildman–Crippen MR) is 87.9 cm³/mol. The van der Waals surface area contributed by atoms with Crippen molar-refractivity contribution in [1.29, 1.82) is 0 Å². The number of esters is 1. The summed E-state index contributed by atoms with van der Waals surface area (Å²) < 4.78 is 6.62. The van der Waals surface area contributed by atoms with E-state index in [9.17, 15) is 9.59 Å². The highest BCUT2D eigenvalue weighted by Gasteiger charge is 2.28. The lowest BCUT2D eigenvalue weighted by Crippen LogP contribution is -2.42. The number of rotatable bonds is 4. The predicted octanol–water partition coefficient (Wildman–Crippen LogP) is 2.20.